The van der Waals surface area contributed by atoms with Gasteiger partial charge in [-0.1, -0.05) is 6.92 Å². The first-order chi connectivity index (χ1) is 8.62. The third kappa shape index (κ3) is 2.19. The van der Waals surface area contributed by atoms with Crippen LogP contribution in [0.3, 0.4) is 0 Å². The van der Waals surface area contributed by atoms with Crippen molar-refractivity contribution >= 4 is 17.2 Å². The largest absolute Gasteiger partial charge is 0.394 e. The third-order valence-corrected chi connectivity index (χ3v) is 5.32. The second kappa shape index (κ2) is 4.35. The van der Waals surface area contributed by atoms with Gasteiger partial charge in [-0.2, -0.15) is 0 Å². The van der Waals surface area contributed by atoms with Crippen LogP contribution in [0, 0.1) is 5.92 Å². The molecular formula is C14H19NO2S. The number of hydrogen-bond acceptors (Lipinski definition) is 3. The van der Waals surface area contributed by atoms with Gasteiger partial charge in [-0.3, -0.25) is 4.79 Å². The molecule has 0 aromatic carbocycles. The summed E-state index contributed by atoms with van der Waals surface area (Å²) in [5, 5.41) is 12.2. The van der Waals surface area contributed by atoms with Gasteiger partial charge in [-0.15, -0.1) is 11.3 Å². The SMILES string of the molecule is CC1CCc2sc(C(=O)NC3(CO)CC3)cc2C1. The van der Waals surface area contributed by atoms with Crippen molar-refractivity contribution in [3.8, 4) is 0 Å². The first kappa shape index (κ1) is 12.2. The Kier molecular flexibility index (Phi) is 2.94. The van der Waals surface area contributed by atoms with E-state index in [9.17, 15) is 9.90 Å². The molecule has 0 saturated heterocycles. The standard InChI is InChI=1S/C14H19NO2S/c1-9-2-3-11-10(6-9)7-12(18-11)13(17)15-14(8-16)4-5-14/h7,9,16H,2-6,8H2,1H3,(H,15,17). The van der Waals surface area contributed by atoms with Gasteiger partial charge in [-0.05, 0) is 49.7 Å². The lowest BCUT2D eigenvalue weighted by Gasteiger charge is -2.16. The summed E-state index contributed by atoms with van der Waals surface area (Å²) in [6.45, 7) is 2.33. The van der Waals surface area contributed by atoms with Crippen molar-refractivity contribution in [2.45, 2.75) is 44.6 Å². The Morgan fingerprint density at radius 1 is 1.61 bits per heavy atom. The van der Waals surface area contributed by atoms with Crippen LogP contribution < -0.4 is 5.32 Å². The number of fused-ring (bicyclic) bond motifs is 1. The lowest BCUT2D eigenvalue weighted by atomic mass is 9.90. The first-order valence-electron chi connectivity index (χ1n) is 6.67. The van der Waals surface area contributed by atoms with Crippen LogP contribution in [-0.4, -0.2) is 23.2 Å². The maximum absolute atomic E-state index is 12.1. The van der Waals surface area contributed by atoms with E-state index in [1.807, 2.05) is 0 Å². The first-order valence-corrected chi connectivity index (χ1v) is 7.48. The smallest absolute Gasteiger partial charge is 0.261 e. The maximum Gasteiger partial charge on any atom is 0.261 e. The Balaban J connectivity index is 1.75. The van der Waals surface area contributed by atoms with Crippen LogP contribution in [0.15, 0.2) is 6.07 Å². The zero-order valence-electron chi connectivity index (χ0n) is 10.7. The number of nitrogens with one attached hydrogen (secondary N) is 1. The molecule has 1 amide bonds. The van der Waals surface area contributed by atoms with E-state index in [1.54, 1.807) is 11.3 Å². The summed E-state index contributed by atoms with van der Waals surface area (Å²) in [6, 6.07) is 2.05. The van der Waals surface area contributed by atoms with E-state index < -0.39 is 0 Å². The Morgan fingerprint density at radius 3 is 3.06 bits per heavy atom. The Labute approximate surface area is 111 Å². The predicted molar refractivity (Wildman–Crippen MR) is 72.0 cm³/mol. The number of carbonyl (C=O) groups excluding carboxylic acids is 1. The topological polar surface area (TPSA) is 49.3 Å². The number of carbonyl (C=O) groups is 1. The molecule has 1 unspecified atom stereocenters. The predicted octanol–water partition coefficient (Wildman–Crippen LogP) is 2.13. The molecule has 1 aromatic heterocycles. The molecule has 3 nitrogen and oxygen atoms in total. The molecule has 2 aliphatic carbocycles. The highest BCUT2D eigenvalue weighted by Crippen LogP contribution is 2.36. The molecule has 1 aromatic rings. The summed E-state index contributed by atoms with van der Waals surface area (Å²) in [5.74, 6) is 0.726. The fraction of sp³-hybridized carbons (Fsp3) is 0.643. The third-order valence-electron chi connectivity index (χ3n) is 4.09. The Bertz CT molecular complexity index is 476. The Morgan fingerprint density at radius 2 is 2.39 bits per heavy atom. The van der Waals surface area contributed by atoms with Gasteiger partial charge in [0.15, 0.2) is 0 Å². The molecule has 1 heterocycles. The molecule has 0 spiro atoms. The van der Waals surface area contributed by atoms with Crippen molar-refractivity contribution in [3.63, 3.8) is 0 Å². The number of hydrogen-bond donors (Lipinski definition) is 2. The van der Waals surface area contributed by atoms with Crippen molar-refractivity contribution in [2.75, 3.05) is 6.61 Å². The van der Waals surface area contributed by atoms with Crippen molar-refractivity contribution in [2.24, 2.45) is 5.92 Å². The zero-order valence-corrected chi connectivity index (χ0v) is 11.5. The van der Waals surface area contributed by atoms with Gasteiger partial charge in [0, 0.05) is 4.88 Å². The van der Waals surface area contributed by atoms with Gasteiger partial charge in [0.05, 0.1) is 17.0 Å². The monoisotopic (exact) mass is 265 g/mol. The average molecular weight is 265 g/mol. The number of aliphatic hydroxyl groups excluding tert-OH is 1. The average Bonchev–Trinajstić information content (AvgIpc) is 2.99. The molecule has 2 N–H and O–H groups in total. The summed E-state index contributed by atoms with van der Waals surface area (Å²) in [4.78, 5) is 14.3. The number of aryl methyl sites for hydroxylation is 1. The van der Waals surface area contributed by atoms with E-state index in [-0.39, 0.29) is 18.1 Å². The van der Waals surface area contributed by atoms with E-state index in [0.29, 0.717) is 0 Å². The highest BCUT2D eigenvalue weighted by Gasteiger charge is 2.43. The van der Waals surface area contributed by atoms with Gasteiger partial charge < -0.3 is 10.4 Å². The molecular weight excluding hydrogens is 246 g/mol. The van der Waals surface area contributed by atoms with Crippen LogP contribution in [0.4, 0.5) is 0 Å². The molecule has 0 aliphatic heterocycles. The van der Waals surface area contributed by atoms with Crippen LogP contribution in [0.1, 0.15) is 46.3 Å². The van der Waals surface area contributed by atoms with E-state index in [4.69, 9.17) is 0 Å². The number of thiophene rings is 1. The van der Waals surface area contributed by atoms with E-state index in [2.05, 4.69) is 18.3 Å². The number of rotatable bonds is 3. The van der Waals surface area contributed by atoms with Crippen molar-refractivity contribution in [1.29, 1.82) is 0 Å². The van der Waals surface area contributed by atoms with Crippen molar-refractivity contribution in [3.05, 3.63) is 21.4 Å². The van der Waals surface area contributed by atoms with E-state index in [1.165, 1.54) is 16.9 Å². The summed E-state index contributed by atoms with van der Waals surface area (Å²) in [5.41, 5.74) is 1.05. The highest BCUT2D eigenvalue weighted by atomic mass is 32.1. The van der Waals surface area contributed by atoms with Gasteiger partial charge in [0.25, 0.3) is 5.91 Å². The molecule has 1 saturated carbocycles. The molecule has 0 radical (unpaired) electrons. The molecule has 0 bridgehead atoms. The number of amides is 1. The van der Waals surface area contributed by atoms with Crippen LogP contribution in [0.25, 0.3) is 0 Å². The van der Waals surface area contributed by atoms with Gasteiger partial charge in [0.2, 0.25) is 0 Å². The summed E-state index contributed by atoms with van der Waals surface area (Å²) in [7, 11) is 0. The molecule has 4 heteroatoms. The minimum atomic E-state index is -0.311. The molecule has 1 atom stereocenters. The molecule has 1 fully saturated rings. The summed E-state index contributed by atoms with van der Waals surface area (Å²) < 4.78 is 0. The summed E-state index contributed by atoms with van der Waals surface area (Å²) >= 11 is 1.63. The number of aliphatic hydroxyl groups is 1. The van der Waals surface area contributed by atoms with Crippen molar-refractivity contribution < 1.29 is 9.90 Å². The quantitative estimate of drug-likeness (QED) is 0.879. The minimum Gasteiger partial charge on any atom is -0.394 e. The molecule has 3 rings (SSSR count). The normalized spacial score (nSPS) is 24.4. The highest BCUT2D eigenvalue weighted by molar-refractivity contribution is 7.14. The molecule has 18 heavy (non-hydrogen) atoms. The lowest BCUT2D eigenvalue weighted by Crippen LogP contribution is -2.39. The van der Waals surface area contributed by atoms with Crippen LogP contribution in [0.5, 0.6) is 0 Å². The van der Waals surface area contributed by atoms with E-state index in [0.717, 1.165) is 36.5 Å². The molecule has 98 valence electrons. The maximum atomic E-state index is 12.1. The minimum absolute atomic E-state index is 0.00592. The fourth-order valence-corrected chi connectivity index (χ4v) is 3.70. The van der Waals surface area contributed by atoms with E-state index >= 15 is 0 Å². The second-order valence-corrected chi connectivity index (χ2v) is 6.94. The fourth-order valence-electron chi connectivity index (χ4n) is 2.59. The molecule has 2 aliphatic rings. The second-order valence-electron chi connectivity index (χ2n) is 5.80. The lowest BCUT2D eigenvalue weighted by molar-refractivity contribution is 0.0911. The van der Waals surface area contributed by atoms with Crippen molar-refractivity contribution in [1.82, 2.24) is 5.32 Å². The van der Waals surface area contributed by atoms with Gasteiger partial charge in [0.1, 0.15) is 0 Å². The van der Waals surface area contributed by atoms with Crippen LogP contribution in [0.2, 0.25) is 0 Å². The van der Waals surface area contributed by atoms with Crippen LogP contribution >= 0.6 is 11.3 Å². The Hall–Kier alpha value is -0.870. The summed E-state index contributed by atoms with van der Waals surface area (Å²) in [6.07, 6.45) is 5.24. The zero-order chi connectivity index (χ0) is 12.8. The van der Waals surface area contributed by atoms with Crippen LogP contribution in [-0.2, 0) is 12.8 Å². The van der Waals surface area contributed by atoms with Gasteiger partial charge >= 0.3 is 0 Å². The van der Waals surface area contributed by atoms with Gasteiger partial charge in [-0.25, -0.2) is 0 Å².